The van der Waals surface area contributed by atoms with Gasteiger partial charge in [0.2, 0.25) is 5.89 Å². The number of rotatable bonds is 4. The first-order valence-electron chi connectivity index (χ1n) is 8.96. The zero-order valence-corrected chi connectivity index (χ0v) is 16.6. The maximum Gasteiger partial charge on any atom is 0.260 e. The van der Waals surface area contributed by atoms with E-state index in [1.807, 2.05) is 24.3 Å². The van der Waals surface area contributed by atoms with E-state index in [0.29, 0.717) is 28.5 Å². The van der Waals surface area contributed by atoms with Crippen molar-refractivity contribution >= 4 is 40.0 Å². The van der Waals surface area contributed by atoms with Gasteiger partial charge in [-0.05, 0) is 54.7 Å². The molecular weight excluding hydrogens is 405 g/mol. The summed E-state index contributed by atoms with van der Waals surface area (Å²) in [5.41, 5.74) is 2.50. The van der Waals surface area contributed by atoms with Crippen LogP contribution in [0.15, 0.2) is 71.1 Å². The molecule has 1 aromatic heterocycles. The van der Waals surface area contributed by atoms with Crippen LogP contribution in [0.25, 0.3) is 22.6 Å². The molecule has 6 nitrogen and oxygen atoms in total. The molecule has 0 radical (unpaired) electrons. The van der Waals surface area contributed by atoms with Crippen LogP contribution in [0.3, 0.4) is 0 Å². The van der Waals surface area contributed by atoms with Crippen molar-refractivity contribution in [2.45, 2.75) is 0 Å². The number of thiocarbonyl (C=S) groups is 1. The van der Waals surface area contributed by atoms with E-state index in [9.17, 15) is 9.18 Å². The smallest absolute Gasteiger partial charge is 0.260 e. The lowest BCUT2D eigenvalue weighted by atomic mass is 10.2. The molecule has 4 aromatic rings. The molecule has 0 aliphatic rings. The number of ether oxygens (including phenoxy) is 1. The number of fused-ring (bicyclic) bond motifs is 1. The van der Waals surface area contributed by atoms with Gasteiger partial charge in [0.05, 0.1) is 18.4 Å². The Labute approximate surface area is 176 Å². The van der Waals surface area contributed by atoms with Crippen molar-refractivity contribution < 1.29 is 18.3 Å². The lowest BCUT2D eigenvalue weighted by Gasteiger charge is -2.14. The maximum absolute atomic E-state index is 13.8. The fraction of sp³-hybridized carbons (Fsp3) is 0.0455. The minimum atomic E-state index is -0.653. The van der Waals surface area contributed by atoms with Gasteiger partial charge in [0.1, 0.15) is 17.1 Å². The van der Waals surface area contributed by atoms with Gasteiger partial charge in [0.25, 0.3) is 5.91 Å². The molecular formula is C22H16FN3O3S. The second-order valence-corrected chi connectivity index (χ2v) is 6.70. The van der Waals surface area contributed by atoms with Gasteiger partial charge < -0.3 is 14.5 Å². The molecule has 150 valence electrons. The van der Waals surface area contributed by atoms with Crippen molar-refractivity contribution in [2.75, 3.05) is 12.4 Å². The lowest BCUT2D eigenvalue weighted by Crippen LogP contribution is -2.34. The van der Waals surface area contributed by atoms with E-state index in [-0.39, 0.29) is 10.7 Å². The standard InChI is InChI=1S/C22H16FN3O3S/c1-28-18-11-10-13(21-24-16-8-4-5-9-19(16)29-21)12-17(18)25-22(30)26-20(27)14-6-2-3-7-15(14)23/h2-12H,1H3,(H2,25,26,27,30). The van der Waals surface area contributed by atoms with Gasteiger partial charge in [-0.15, -0.1) is 0 Å². The van der Waals surface area contributed by atoms with Gasteiger partial charge in [-0.25, -0.2) is 9.37 Å². The monoisotopic (exact) mass is 421 g/mol. The van der Waals surface area contributed by atoms with E-state index in [1.54, 1.807) is 24.3 Å². The molecule has 0 unspecified atom stereocenters. The van der Waals surface area contributed by atoms with Crippen LogP contribution in [-0.2, 0) is 0 Å². The van der Waals surface area contributed by atoms with Crippen LogP contribution in [0.2, 0.25) is 0 Å². The first-order valence-corrected chi connectivity index (χ1v) is 9.37. The Kier molecular flexibility index (Phi) is 5.40. The summed E-state index contributed by atoms with van der Waals surface area (Å²) in [6, 6.07) is 18.4. The van der Waals surface area contributed by atoms with E-state index in [4.69, 9.17) is 21.4 Å². The summed E-state index contributed by atoms with van der Waals surface area (Å²) in [7, 11) is 1.51. The van der Waals surface area contributed by atoms with Crippen LogP contribution in [0, 0.1) is 5.82 Å². The molecule has 30 heavy (non-hydrogen) atoms. The third kappa shape index (κ3) is 3.99. The number of benzene rings is 3. The molecule has 2 N–H and O–H groups in total. The number of para-hydroxylation sites is 2. The van der Waals surface area contributed by atoms with Crippen molar-refractivity contribution in [2.24, 2.45) is 0 Å². The minimum Gasteiger partial charge on any atom is -0.495 e. The number of nitrogens with zero attached hydrogens (tertiary/aromatic N) is 1. The fourth-order valence-electron chi connectivity index (χ4n) is 2.90. The molecule has 0 fully saturated rings. The van der Waals surface area contributed by atoms with Crippen LogP contribution in [0.5, 0.6) is 5.75 Å². The number of hydrogen-bond acceptors (Lipinski definition) is 5. The number of carbonyl (C=O) groups is 1. The first-order chi connectivity index (χ1) is 14.5. The lowest BCUT2D eigenvalue weighted by molar-refractivity contribution is 0.0974. The number of hydrogen-bond donors (Lipinski definition) is 2. The Morgan fingerprint density at radius 1 is 1.10 bits per heavy atom. The predicted octanol–water partition coefficient (Wildman–Crippen LogP) is 4.77. The molecule has 0 bridgehead atoms. The van der Waals surface area contributed by atoms with Gasteiger partial charge in [-0.3, -0.25) is 10.1 Å². The summed E-state index contributed by atoms with van der Waals surface area (Å²) in [5, 5.41) is 5.37. The first kappa shape index (κ1) is 19.5. The highest BCUT2D eigenvalue weighted by molar-refractivity contribution is 7.80. The van der Waals surface area contributed by atoms with Gasteiger partial charge >= 0.3 is 0 Å². The molecule has 0 atom stereocenters. The molecule has 3 aromatic carbocycles. The van der Waals surface area contributed by atoms with E-state index in [1.165, 1.54) is 25.3 Å². The number of oxazole rings is 1. The molecule has 4 rings (SSSR count). The maximum atomic E-state index is 13.8. The molecule has 0 aliphatic heterocycles. The van der Waals surface area contributed by atoms with Crippen LogP contribution < -0.4 is 15.4 Å². The third-order valence-corrected chi connectivity index (χ3v) is 4.54. The summed E-state index contributed by atoms with van der Waals surface area (Å²) in [6.07, 6.45) is 0. The topological polar surface area (TPSA) is 76.4 Å². The molecule has 1 amide bonds. The molecule has 0 saturated carbocycles. The average Bonchev–Trinajstić information content (AvgIpc) is 3.18. The highest BCUT2D eigenvalue weighted by Gasteiger charge is 2.15. The van der Waals surface area contributed by atoms with Gasteiger partial charge in [-0.2, -0.15) is 0 Å². The van der Waals surface area contributed by atoms with Crippen molar-refractivity contribution in [1.82, 2.24) is 10.3 Å². The number of carbonyl (C=O) groups excluding carboxylic acids is 1. The summed E-state index contributed by atoms with van der Waals surface area (Å²) in [6.45, 7) is 0. The highest BCUT2D eigenvalue weighted by Crippen LogP contribution is 2.31. The summed E-state index contributed by atoms with van der Waals surface area (Å²) < 4.78 is 25.0. The Morgan fingerprint density at radius 3 is 2.63 bits per heavy atom. The van der Waals surface area contributed by atoms with Crippen molar-refractivity contribution in [3.63, 3.8) is 0 Å². The number of amides is 1. The molecule has 0 spiro atoms. The van der Waals surface area contributed by atoms with Crippen molar-refractivity contribution in [3.8, 4) is 17.2 Å². The van der Waals surface area contributed by atoms with E-state index >= 15 is 0 Å². The van der Waals surface area contributed by atoms with Gasteiger partial charge in [0, 0.05) is 5.56 Å². The van der Waals surface area contributed by atoms with Crippen LogP contribution in [0.1, 0.15) is 10.4 Å². The predicted molar refractivity (Wildman–Crippen MR) is 116 cm³/mol. The summed E-state index contributed by atoms with van der Waals surface area (Å²) in [5.74, 6) is -0.353. The Hall–Kier alpha value is -3.78. The Morgan fingerprint density at radius 2 is 1.87 bits per heavy atom. The number of nitrogens with one attached hydrogen (secondary N) is 2. The SMILES string of the molecule is COc1ccc(-c2nc3ccccc3o2)cc1NC(=S)NC(=O)c1ccccc1F. The van der Waals surface area contributed by atoms with E-state index < -0.39 is 11.7 Å². The zero-order valence-electron chi connectivity index (χ0n) is 15.8. The Balaban J connectivity index is 1.57. The van der Waals surface area contributed by atoms with Gasteiger partial charge in [-0.1, -0.05) is 24.3 Å². The van der Waals surface area contributed by atoms with Crippen molar-refractivity contribution in [1.29, 1.82) is 0 Å². The number of halogens is 1. The number of methoxy groups -OCH3 is 1. The minimum absolute atomic E-state index is 0.00346. The fourth-order valence-corrected chi connectivity index (χ4v) is 3.11. The average molecular weight is 421 g/mol. The zero-order chi connectivity index (χ0) is 21.1. The number of anilines is 1. The quantitative estimate of drug-likeness (QED) is 0.463. The second-order valence-electron chi connectivity index (χ2n) is 6.29. The summed E-state index contributed by atoms with van der Waals surface area (Å²) in [4.78, 5) is 16.8. The molecule has 0 saturated heterocycles. The molecule has 1 heterocycles. The largest absolute Gasteiger partial charge is 0.495 e. The third-order valence-electron chi connectivity index (χ3n) is 4.33. The van der Waals surface area contributed by atoms with Crippen molar-refractivity contribution in [3.05, 3.63) is 78.1 Å². The Bertz CT molecular complexity index is 1220. The molecule has 8 heteroatoms. The van der Waals surface area contributed by atoms with Crippen LogP contribution in [-0.4, -0.2) is 23.1 Å². The van der Waals surface area contributed by atoms with E-state index in [0.717, 1.165) is 5.52 Å². The number of aromatic nitrogens is 1. The van der Waals surface area contributed by atoms with Gasteiger partial charge in [0.15, 0.2) is 10.7 Å². The highest BCUT2D eigenvalue weighted by atomic mass is 32.1. The van der Waals surface area contributed by atoms with Crippen LogP contribution in [0.4, 0.5) is 10.1 Å². The second kappa shape index (κ2) is 8.30. The summed E-state index contributed by atoms with van der Waals surface area (Å²) >= 11 is 5.22. The molecule has 0 aliphatic carbocycles. The van der Waals surface area contributed by atoms with E-state index in [2.05, 4.69) is 15.6 Å². The van der Waals surface area contributed by atoms with Crippen LogP contribution >= 0.6 is 12.2 Å². The normalized spacial score (nSPS) is 10.6.